The van der Waals surface area contributed by atoms with E-state index < -0.39 is 0 Å². The number of amides is 1. The van der Waals surface area contributed by atoms with E-state index in [2.05, 4.69) is 41.8 Å². The smallest absolute Gasteiger partial charge is 0.227 e. The molecule has 0 bridgehead atoms. The van der Waals surface area contributed by atoms with Crippen LogP contribution < -0.4 is 9.64 Å². The van der Waals surface area contributed by atoms with Crippen molar-refractivity contribution in [1.29, 1.82) is 0 Å². The van der Waals surface area contributed by atoms with Crippen molar-refractivity contribution in [2.45, 2.75) is 25.8 Å². The average molecular weight is 446 g/mol. The first kappa shape index (κ1) is 20.6. The zero-order valence-electron chi connectivity index (χ0n) is 18.1. The summed E-state index contributed by atoms with van der Waals surface area (Å²) in [5, 5.41) is 0.573. The Bertz CT molecular complexity index is 1300. The minimum Gasteiger partial charge on any atom is -0.495 e. The molecule has 0 saturated carbocycles. The molecule has 6 heteroatoms. The van der Waals surface area contributed by atoms with Crippen LogP contribution >= 0.6 is 11.6 Å². The summed E-state index contributed by atoms with van der Waals surface area (Å²) in [7, 11) is 1.60. The molecule has 162 valence electrons. The SMILES string of the molecule is COc1ccc(Cl)cc1N1C[C@@H](c2nc3ccccc3n2Cc2ccc(C)cc2)CC1=O. The van der Waals surface area contributed by atoms with Crippen LogP contribution in [0, 0.1) is 6.92 Å². The minimum absolute atomic E-state index is 0.0240. The van der Waals surface area contributed by atoms with Gasteiger partial charge in [-0.15, -0.1) is 0 Å². The first-order chi connectivity index (χ1) is 15.5. The van der Waals surface area contributed by atoms with E-state index in [1.807, 2.05) is 18.2 Å². The topological polar surface area (TPSA) is 47.4 Å². The molecule has 1 aliphatic rings. The summed E-state index contributed by atoms with van der Waals surface area (Å²) in [5.41, 5.74) is 5.17. The van der Waals surface area contributed by atoms with Crippen LogP contribution in [-0.4, -0.2) is 29.1 Å². The van der Waals surface area contributed by atoms with Gasteiger partial charge in [-0.05, 0) is 42.8 Å². The van der Waals surface area contributed by atoms with Gasteiger partial charge in [0.25, 0.3) is 0 Å². The first-order valence-corrected chi connectivity index (χ1v) is 11.1. The van der Waals surface area contributed by atoms with Crippen molar-refractivity contribution < 1.29 is 9.53 Å². The molecule has 0 spiro atoms. The lowest BCUT2D eigenvalue weighted by Gasteiger charge is -2.20. The van der Waals surface area contributed by atoms with E-state index in [4.69, 9.17) is 21.3 Å². The maximum Gasteiger partial charge on any atom is 0.227 e. The van der Waals surface area contributed by atoms with Gasteiger partial charge in [-0.1, -0.05) is 53.6 Å². The maximum absolute atomic E-state index is 13.1. The number of halogens is 1. The molecule has 1 atom stereocenters. The molecule has 0 radical (unpaired) electrons. The second-order valence-corrected chi connectivity index (χ2v) is 8.69. The van der Waals surface area contributed by atoms with E-state index in [1.165, 1.54) is 11.1 Å². The number of nitrogens with zero attached hydrogens (tertiary/aromatic N) is 3. The highest BCUT2D eigenvalue weighted by molar-refractivity contribution is 6.31. The Balaban J connectivity index is 1.53. The highest BCUT2D eigenvalue weighted by atomic mass is 35.5. The standard InChI is InChI=1S/C26H24ClN3O2/c1-17-7-9-18(10-8-17)15-30-22-6-4-3-5-21(22)28-26(30)19-13-25(31)29(16-19)23-14-20(27)11-12-24(23)32-2/h3-12,14,19H,13,15-16H2,1-2H3/t19-/m0/s1. The Morgan fingerprint density at radius 3 is 2.66 bits per heavy atom. The number of benzene rings is 3. The van der Waals surface area contributed by atoms with E-state index >= 15 is 0 Å². The molecular weight excluding hydrogens is 422 g/mol. The number of ether oxygens (including phenoxy) is 1. The van der Waals surface area contributed by atoms with Gasteiger partial charge in [-0.2, -0.15) is 0 Å². The molecule has 5 rings (SSSR count). The quantitative estimate of drug-likeness (QED) is 0.403. The number of fused-ring (bicyclic) bond motifs is 1. The first-order valence-electron chi connectivity index (χ1n) is 10.7. The second-order valence-electron chi connectivity index (χ2n) is 8.25. The van der Waals surface area contributed by atoms with E-state index in [0.29, 0.717) is 36.0 Å². The molecule has 1 saturated heterocycles. The predicted molar refractivity (Wildman–Crippen MR) is 128 cm³/mol. The van der Waals surface area contributed by atoms with Gasteiger partial charge in [0.1, 0.15) is 11.6 Å². The third kappa shape index (κ3) is 3.73. The van der Waals surface area contributed by atoms with Gasteiger partial charge in [-0.25, -0.2) is 4.98 Å². The van der Waals surface area contributed by atoms with E-state index in [1.54, 1.807) is 30.2 Å². The van der Waals surface area contributed by atoms with Crippen LogP contribution in [0.15, 0.2) is 66.7 Å². The van der Waals surface area contributed by atoms with Crippen molar-refractivity contribution in [1.82, 2.24) is 9.55 Å². The van der Waals surface area contributed by atoms with Crippen molar-refractivity contribution in [3.8, 4) is 5.75 Å². The number of carbonyl (C=O) groups excluding carboxylic acids is 1. The number of methoxy groups -OCH3 is 1. The van der Waals surface area contributed by atoms with Gasteiger partial charge in [0.15, 0.2) is 0 Å². The van der Waals surface area contributed by atoms with Crippen molar-refractivity contribution in [3.63, 3.8) is 0 Å². The van der Waals surface area contributed by atoms with E-state index in [9.17, 15) is 4.79 Å². The fourth-order valence-electron chi connectivity index (χ4n) is 4.44. The van der Waals surface area contributed by atoms with E-state index in [0.717, 1.165) is 16.9 Å². The van der Waals surface area contributed by atoms with Gasteiger partial charge < -0.3 is 14.2 Å². The Kier molecular flexibility index (Phi) is 5.35. The number of carbonyl (C=O) groups is 1. The number of imidazole rings is 1. The Morgan fingerprint density at radius 1 is 1.09 bits per heavy atom. The molecule has 0 unspecified atom stereocenters. The molecular formula is C26H24ClN3O2. The molecule has 1 fully saturated rings. The Hall–Kier alpha value is -3.31. The summed E-state index contributed by atoms with van der Waals surface area (Å²) >= 11 is 6.22. The summed E-state index contributed by atoms with van der Waals surface area (Å²) in [6, 6.07) is 22.0. The van der Waals surface area contributed by atoms with Crippen LogP contribution in [0.25, 0.3) is 11.0 Å². The normalized spacial score (nSPS) is 16.2. The molecule has 4 aromatic rings. The number of rotatable bonds is 5. The van der Waals surface area contributed by atoms with Crippen molar-refractivity contribution in [2.24, 2.45) is 0 Å². The fourth-order valence-corrected chi connectivity index (χ4v) is 4.60. The average Bonchev–Trinajstić information content (AvgIpc) is 3.36. The van der Waals surface area contributed by atoms with Gasteiger partial charge in [0.2, 0.25) is 5.91 Å². The lowest BCUT2D eigenvalue weighted by molar-refractivity contribution is -0.117. The van der Waals surface area contributed by atoms with Gasteiger partial charge in [-0.3, -0.25) is 4.79 Å². The van der Waals surface area contributed by atoms with Gasteiger partial charge in [0, 0.05) is 30.5 Å². The van der Waals surface area contributed by atoms with Crippen LogP contribution in [0.2, 0.25) is 5.02 Å². The number of anilines is 1. The number of aromatic nitrogens is 2. The lowest BCUT2D eigenvalue weighted by Crippen LogP contribution is -2.25. The molecule has 1 aliphatic heterocycles. The van der Waals surface area contributed by atoms with Crippen LogP contribution in [0.4, 0.5) is 5.69 Å². The molecule has 2 heterocycles. The van der Waals surface area contributed by atoms with E-state index in [-0.39, 0.29) is 11.8 Å². The number of hydrogen-bond donors (Lipinski definition) is 0. The minimum atomic E-state index is -0.0240. The molecule has 0 aliphatic carbocycles. The maximum atomic E-state index is 13.1. The predicted octanol–water partition coefficient (Wildman–Crippen LogP) is 5.58. The zero-order chi connectivity index (χ0) is 22.2. The summed E-state index contributed by atoms with van der Waals surface area (Å²) < 4.78 is 7.74. The summed E-state index contributed by atoms with van der Waals surface area (Å²) in [4.78, 5) is 19.8. The van der Waals surface area contributed by atoms with Crippen LogP contribution in [0.5, 0.6) is 5.75 Å². The van der Waals surface area contributed by atoms with Crippen LogP contribution in [0.3, 0.4) is 0 Å². The summed E-state index contributed by atoms with van der Waals surface area (Å²) in [6.45, 7) is 3.33. The Labute approximate surface area is 192 Å². The number of para-hydroxylation sites is 2. The lowest BCUT2D eigenvalue weighted by atomic mass is 10.1. The largest absolute Gasteiger partial charge is 0.495 e. The monoisotopic (exact) mass is 445 g/mol. The molecule has 3 aromatic carbocycles. The third-order valence-corrected chi connectivity index (χ3v) is 6.30. The van der Waals surface area contributed by atoms with Gasteiger partial charge >= 0.3 is 0 Å². The highest BCUT2D eigenvalue weighted by Crippen LogP contribution is 2.38. The van der Waals surface area contributed by atoms with Crippen LogP contribution in [0.1, 0.15) is 29.3 Å². The van der Waals surface area contributed by atoms with Crippen molar-refractivity contribution >= 4 is 34.2 Å². The number of aryl methyl sites for hydroxylation is 1. The van der Waals surface area contributed by atoms with Crippen molar-refractivity contribution in [2.75, 3.05) is 18.6 Å². The van der Waals surface area contributed by atoms with Crippen LogP contribution in [-0.2, 0) is 11.3 Å². The number of hydrogen-bond acceptors (Lipinski definition) is 3. The molecule has 32 heavy (non-hydrogen) atoms. The summed E-state index contributed by atoms with van der Waals surface area (Å²) in [6.07, 6.45) is 0.396. The molecule has 1 aromatic heterocycles. The Morgan fingerprint density at radius 2 is 1.88 bits per heavy atom. The highest BCUT2D eigenvalue weighted by Gasteiger charge is 2.36. The third-order valence-electron chi connectivity index (χ3n) is 6.07. The zero-order valence-corrected chi connectivity index (χ0v) is 18.8. The second kappa shape index (κ2) is 8.32. The van der Waals surface area contributed by atoms with Crippen molar-refractivity contribution in [3.05, 3.63) is 88.7 Å². The molecule has 1 amide bonds. The molecule has 0 N–H and O–H groups in total. The fraction of sp³-hybridized carbons (Fsp3) is 0.231. The summed E-state index contributed by atoms with van der Waals surface area (Å²) in [5.74, 6) is 1.59. The molecule has 5 nitrogen and oxygen atoms in total. The van der Waals surface area contributed by atoms with Gasteiger partial charge in [0.05, 0.1) is 23.8 Å².